The van der Waals surface area contributed by atoms with Gasteiger partial charge in [-0.25, -0.2) is 0 Å². The lowest BCUT2D eigenvalue weighted by atomic mass is 10.0. The minimum atomic E-state index is -4.40. The van der Waals surface area contributed by atoms with E-state index in [0.717, 1.165) is 80.8 Å². The van der Waals surface area contributed by atoms with Crippen LogP contribution in [0.2, 0.25) is 0 Å². The lowest BCUT2D eigenvalue weighted by molar-refractivity contribution is -0.137. The highest BCUT2D eigenvalue weighted by Gasteiger charge is 2.31. The molecule has 0 atom stereocenters. The molecule has 2 fully saturated rings. The van der Waals surface area contributed by atoms with Gasteiger partial charge in [-0.1, -0.05) is 6.07 Å². The molecular formula is C27H29BrF3N3O2S. The molecular weight excluding hydrogens is 567 g/mol. The number of fused-ring (bicyclic) bond motifs is 1. The van der Waals surface area contributed by atoms with Crippen molar-refractivity contribution in [2.24, 2.45) is 0 Å². The van der Waals surface area contributed by atoms with Crippen molar-refractivity contribution in [1.29, 1.82) is 0 Å². The minimum Gasteiger partial charge on any atom is -0.489 e. The van der Waals surface area contributed by atoms with Crippen molar-refractivity contribution in [3.63, 3.8) is 0 Å². The van der Waals surface area contributed by atoms with Crippen LogP contribution in [-0.2, 0) is 12.7 Å². The quantitative estimate of drug-likeness (QED) is 0.356. The van der Waals surface area contributed by atoms with Crippen molar-refractivity contribution in [2.45, 2.75) is 50.6 Å². The van der Waals surface area contributed by atoms with Gasteiger partial charge >= 0.3 is 6.18 Å². The molecule has 5 nitrogen and oxygen atoms in total. The Bertz CT molecular complexity index is 1250. The summed E-state index contributed by atoms with van der Waals surface area (Å²) in [5.74, 6) is 0.661. The molecule has 2 N–H and O–H groups in total. The predicted octanol–water partition coefficient (Wildman–Crippen LogP) is 6.21. The van der Waals surface area contributed by atoms with Gasteiger partial charge < -0.3 is 15.4 Å². The molecule has 37 heavy (non-hydrogen) atoms. The molecule has 3 aromatic rings. The Kier molecular flexibility index (Phi) is 8.09. The Morgan fingerprint density at radius 3 is 2.54 bits per heavy atom. The van der Waals surface area contributed by atoms with Crippen LogP contribution in [0.5, 0.6) is 5.75 Å². The van der Waals surface area contributed by atoms with Gasteiger partial charge in [-0.15, -0.1) is 11.3 Å². The molecule has 0 unspecified atom stereocenters. The monoisotopic (exact) mass is 595 g/mol. The number of benzene rings is 2. The van der Waals surface area contributed by atoms with E-state index in [-0.39, 0.29) is 18.1 Å². The third-order valence-electron chi connectivity index (χ3n) is 6.97. The summed E-state index contributed by atoms with van der Waals surface area (Å²) in [6.07, 6.45) is -0.462. The first kappa shape index (κ1) is 26.5. The number of hydrogen-bond donors (Lipinski definition) is 2. The second-order valence-corrected chi connectivity index (χ2v) is 11.7. The van der Waals surface area contributed by atoms with Gasteiger partial charge in [0.15, 0.2) is 0 Å². The Hall–Kier alpha value is -2.14. The zero-order valence-corrected chi connectivity index (χ0v) is 22.6. The number of halogens is 4. The summed E-state index contributed by atoms with van der Waals surface area (Å²) in [5, 5.41) is 6.87. The standard InChI is InChI=1S/C27H29BrF3N3O2S/c28-22-13-17(1-3-23(22)36-21-5-9-32-10-6-21)16-34-11-7-20(8-12-34)33-26(35)25-15-18-14-19(27(29,30)31)2-4-24(18)37-25/h1-4,13-15,20-21,32H,5-12,16H2,(H,33,35). The summed E-state index contributed by atoms with van der Waals surface area (Å²) in [5.41, 5.74) is 0.503. The van der Waals surface area contributed by atoms with Gasteiger partial charge in [-0.3, -0.25) is 9.69 Å². The fourth-order valence-corrected chi connectivity index (χ4v) is 6.38. The average Bonchev–Trinajstić information content (AvgIpc) is 3.31. The maximum atomic E-state index is 13.0. The molecule has 2 aromatic carbocycles. The number of carbonyl (C=O) groups excluding carboxylic acids is 1. The van der Waals surface area contributed by atoms with Gasteiger partial charge in [0.05, 0.1) is 14.9 Å². The molecule has 0 spiro atoms. The van der Waals surface area contributed by atoms with Crippen molar-refractivity contribution in [2.75, 3.05) is 26.2 Å². The highest BCUT2D eigenvalue weighted by atomic mass is 79.9. The molecule has 0 bridgehead atoms. The lowest BCUT2D eigenvalue weighted by Gasteiger charge is -2.32. The van der Waals surface area contributed by atoms with Crippen LogP contribution in [0.3, 0.4) is 0 Å². The van der Waals surface area contributed by atoms with Crippen LogP contribution < -0.4 is 15.4 Å². The van der Waals surface area contributed by atoms with E-state index in [2.05, 4.69) is 43.6 Å². The summed E-state index contributed by atoms with van der Waals surface area (Å²) in [6.45, 7) is 4.52. The van der Waals surface area contributed by atoms with E-state index in [1.165, 1.54) is 23.0 Å². The predicted molar refractivity (Wildman–Crippen MR) is 143 cm³/mol. The number of alkyl halides is 3. The first-order chi connectivity index (χ1) is 17.7. The first-order valence-electron chi connectivity index (χ1n) is 12.5. The van der Waals surface area contributed by atoms with Gasteiger partial charge in [-0.05, 0) is 102 Å². The Morgan fingerprint density at radius 1 is 1.08 bits per heavy atom. The Morgan fingerprint density at radius 2 is 1.84 bits per heavy atom. The number of ether oxygens (including phenoxy) is 1. The fraction of sp³-hybridized carbons (Fsp3) is 0.444. The van der Waals surface area contributed by atoms with Crippen molar-refractivity contribution >= 4 is 43.3 Å². The molecule has 1 amide bonds. The van der Waals surface area contributed by atoms with Gasteiger partial charge in [0.2, 0.25) is 0 Å². The summed E-state index contributed by atoms with van der Waals surface area (Å²) in [7, 11) is 0. The van der Waals surface area contributed by atoms with E-state index in [9.17, 15) is 18.0 Å². The van der Waals surface area contributed by atoms with Gasteiger partial charge in [0, 0.05) is 30.4 Å². The molecule has 2 saturated heterocycles. The summed E-state index contributed by atoms with van der Waals surface area (Å²) in [6, 6.07) is 11.5. The van der Waals surface area contributed by atoms with E-state index in [4.69, 9.17) is 4.74 Å². The van der Waals surface area contributed by atoms with Crippen molar-refractivity contribution in [1.82, 2.24) is 15.5 Å². The molecule has 3 heterocycles. The lowest BCUT2D eigenvalue weighted by Crippen LogP contribution is -2.44. The van der Waals surface area contributed by atoms with Gasteiger partial charge in [0.1, 0.15) is 11.9 Å². The molecule has 0 saturated carbocycles. The minimum absolute atomic E-state index is 0.0483. The molecule has 0 radical (unpaired) electrons. The van der Waals surface area contributed by atoms with Crippen LogP contribution >= 0.6 is 27.3 Å². The number of nitrogens with one attached hydrogen (secondary N) is 2. The normalized spacial score (nSPS) is 18.3. The van der Waals surface area contributed by atoms with Crippen LogP contribution in [0.15, 0.2) is 46.9 Å². The summed E-state index contributed by atoms with van der Waals surface area (Å²) in [4.78, 5) is 15.6. The van der Waals surface area contributed by atoms with Crippen LogP contribution in [0.1, 0.15) is 46.5 Å². The van der Waals surface area contributed by atoms with E-state index in [0.29, 0.717) is 15.0 Å². The van der Waals surface area contributed by atoms with Crippen LogP contribution in [0, 0.1) is 0 Å². The number of amides is 1. The number of carbonyl (C=O) groups is 1. The van der Waals surface area contributed by atoms with E-state index in [1.807, 2.05) is 6.07 Å². The number of rotatable bonds is 6. The van der Waals surface area contributed by atoms with E-state index < -0.39 is 11.7 Å². The van der Waals surface area contributed by atoms with Crippen molar-refractivity contribution < 1.29 is 22.7 Å². The number of likely N-dealkylation sites (tertiary alicyclic amines) is 1. The third-order valence-corrected chi connectivity index (χ3v) is 8.71. The number of piperidine rings is 2. The zero-order chi connectivity index (χ0) is 26.0. The molecule has 10 heteroatoms. The fourth-order valence-electron chi connectivity index (χ4n) is 4.91. The summed E-state index contributed by atoms with van der Waals surface area (Å²) >= 11 is 4.88. The second-order valence-electron chi connectivity index (χ2n) is 9.72. The van der Waals surface area contributed by atoms with Crippen molar-refractivity contribution in [3.8, 4) is 5.75 Å². The largest absolute Gasteiger partial charge is 0.489 e. The molecule has 198 valence electrons. The van der Waals surface area contributed by atoms with Gasteiger partial charge in [0.25, 0.3) is 5.91 Å². The maximum Gasteiger partial charge on any atom is 0.416 e. The van der Waals surface area contributed by atoms with Crippen LogP contribution in [-0.4, -0.2) is 49.1 Å². The SMILES string of the molecule is O=C(NC1CCN(Cc2ccc(OC3CCNCC3)c(Br)c2)CC1)c1cc2cc(C(F)(F)F)ccc2s1. The van der Waals surface area contributed by atoms with Crippen LogP contribution in [0.4, 0.5) is 13.2 Å². The smallest absolute Gasteiger partial charge is 0.416 e. The Labute approximate surface area is 226 Å². The maximum absolute atomic E-state index is 13.0. The molecule has 2 aliphatic rings. The first-order valence-corrected chi connectivity index (χ1v) is 14.2. The average molecular weight is 597 g/mol. The van der Waals surface area contributed by atoms with E-state index >= 15 is 0 Å². The highest BCUT2D eigenvalue weighted by molar-refractivity contribution is 9.10. The van der Waals surface area contributed by atoms with Crippen LogP contribution in [0.25, 0.3) is 10.1 Å². The third kappa shape index (κ3) is 6.66. The molecule has 2 aliphatic heterocycles. The zero-order valence-electron chi connectivity index (χ0n) is 20.2. The molecule has 1 aromatic heterocycles. The van der Waals surface area contributed by atoms with Gasteiger partial charge in [-0.2, -0.15) is 13.2 Å². The molecule has 0 aliphatic carbocycles. The number of nitrogens with zero attached hydrogens (tertiary/aromatic N) is 1. The highest BCUT2D eigenvalue weighted by Crippen LogP contribution is 2.34. The Balaban J connectivity index is 1.12. The second kappa shape index (κ2) is 11.3. The molecule has 5 rings (SSSR count). The number of hydrogen-bond acceptors (Lipinski definition) is 5. The van der Waals surface area contributed by atoms with Crippen molar-refractivity contribution in [3.05, 3.63) is 62.9 Å². The number of thiophene rings is 1. The summed E-state index contributed by atoms with van der Waals surface area (Å²) < 4.78 is 46.8. The topological polar surface area (TPSA) is 53.6 Å². The van der Waals surface area contributed by atoms with E-state index in [1.54, 1.807) is 6.07 Å².